The molecule has 0 saturated heterocycles. The molecule has 1 heterocycles. The molecule has 0 spiro atoms. The second kappa shape index (κ2) is 6.69. The van der Waals surface area contributed by atoms with E-state index in [4.69, 9.17) is 4.74 Å². The van der Waals surface area contributed by atoms with Crippen molar-refractivity contribution in [3.63, 3.8) is 0 Å². The van der Waals surface area contributed by atoms with Gasteiger partial charge < -0.3 is 9.47 Å². The fraction of sp³-hybridized carbons (Fsp3) is 0.267. The summed E-state index contributed by atoms with van der Waals surface area (Å²) in [4.78, 5) is 27.3. The van der Waals surface area contributed by atoms with Gasteiger partial charge in [0.2, 0.25) is 0 Å². The number of hydrogen-bond donors (Lipinski definition) is 0. The van der Waals surface area contributed by atoms with Crippen LogP contribution in [0, 0.1) is 0 Å². The van der Waals surface area contributed by atoms with Crippen LogP contribution in [0.25, 0.3) is 11.3 Å². The number of esters is 1. The molecule has 110 valence electrons. The van der Waals surface area contributed by atoms with Crippen molar-refractivity contribution in [1.82, 2.24) is 9.55 Å². The van der Waals surface area contributed by atoms with Crippen LogP contribution < -0.4 is 10.3 Å². The van der Waals surface area contributed by atoms with Gasteiger partial charge in [-0.3, -0.25) is 14.2 Å². The molecule has 0 atom stereocenters. The van der Waals surface area contributed by atoms with Crippen LogP contribution in [0.2, 0.25) is 0 Å². The van der Waals surface area contributed by atoms with Crippen molar-refractivity contribution in [3.8, 4) is 17.0 Å². The van der Waals surface area contributed by atoms with E-state index in [-0.39, 0.29) is 12.1 Å². The number of carbonyl (C=O) groups excluding carboxylic acids is 1. The molecule has 0 amide bonds. The highest BCUT2D eigenvalue weighted by molar-refractivity contribution is 5.69. The van der Waals surface area contributed by atoms with Gasteiger partial charge in [-0.2, -0.15) is 0 Å². The minimum absolute atomic E-state index is 0.147. The van der Waals surface area contributed by atoms with Crippen LogP contribution in [0.3, 0.4) is 0 Å². The van der Waals surface area contributed by atoms with Gasteiger partial charge in [0.25, 0.3) is 5.56 Å². The lowest BCUT2D eigenvalue weighted by molar-refractivity contribution is -0.141. The first-order chi connectivity index (χ1) is 10.1. The number of hydrogen-bond acceptors (Lipinski definition) is 5. The minimum atomic E-state index is -0.493. The van der Waals surface area contributed by atoms with Gasteiger partial charge in [0.1, 0.15) is 12.3 Å². The van der Waals surface area contributed by atoms with Gasteiger partial charge in [-0.1, -0.05) is 0 Å². The van der Waals surface area contributed by atoms with E-state index in [1.807, 2.05) is 31.2 Å². The number of aromatic nitrogens is 2. The minimum Gasteiger partial charge on any atom is -0.494 e. The predicted molar refractivity (Wildman–Crippen MR) is 77.1 cm³/mol. The average Bonchev–Trinajstić information content (AvgIpc) is 2.50. The quantitative estimate of drug-likeness (QED) is 0.779. The van der Waals surface area contributed by atoms with Crippen molar-refractivity contribution in [2.45, 2.75) is 13.5 Å². The van der Waals surface area contributed by atoms with Crippen LogP contribution in [-0.2, 0) is 16.1 Å². The van der Waals surface area contributed by atoms with E-state index < -0.39 is 5.97 Å². The lowest BCUT2D eigenvalue weighted by Crippen LogP contribution is -2.24. The first-order valence-corrected chi connectivity index (χ1v) is 6.50. The largest absolute Gasteiger partial charge is 0.494 e. The molecule has 0 fully saturated rings. The van der Waals surface area contributed by atoms with E-state index in [2.05, 4.69) is 9.72 Å². The van der Waals surface area contributed by atoms with Gasteiger partial charge in [-0.05, 0) is 31.2 Å². The Morgan fingerprint density at radius 2 is 2.00 bits per heavy atom. The third-order valence-corrected chi connectivity index (χ3v) is 2.87. The summed E-state index contributed by atoms with van der Waals surface area (Å²) in [7, 11) is 1.27. The smallest absolute Gasteiger partial charge is 0.325 e. The van der Waals surface area contributed by atoms with Crippen molar-refractivity contribution < 1.29 is 14.3 Å². The molecule has 0 bridgehead atoms. The first kappa shape index (κ1) is 14.8. The molecule has 2 aromatic rings. The van der Waals surface area contributed by atoms with Crippen LogP contribution >= 0.6 is 0 Å². The molecule has 0 aliphatic heterocycles. The third-order valence-electron chi connectivity index (χ3n) is 2.87. The zero-order valence-electron chi connectivity index (χ0n) is 11.9. The average molecular weight is 288 g/mol. The van der Waals surface area contributed by atoms with Crippen LogP contribution in [0.15, 0.2) is 41.5 Å². The van der Waals surface area contributed by atoms with E-state index >= 15 is 0 Å². The van der Waals surface area contributed by atoms with Crippen LogP contribution in [-0.4, -0.2) is 29.2 Å². The molecule has 1 aromatic carbocycles. The second-order valence-electron chi connectivity index (χ2n) is 4.27. The molecule has 21 heavy (non-hydrogen) atoms. The summed E-state index contributed by atoms with van der Waals surface area (Å²) in [6.45, 7) is 2.36. The molecule has 1 aromatic heterocycles. The SMILES string of the molecule is CCOc1ccc(-c2cc(=O)n(CC(=O)OC)cn2)cc1. The Kier molecular flexibility index (Phi) is 4.71. The fourth-order valence-corrected chi connectivity index (χ4v) is 1.79. The molecule has 0 aliphatic rings. The third kappa shape index (κ3) is 3.68. The number of benzene rings is 1. The Morgan fingerprint density at radius 1 is 1.29 bits per heavy atom. The fourth-order valence-electron chi connectivity index (χ4n) is 1.79. The highest BCUT2D eigenvalue weighted by Crippen LogP contribution is 2.19. The summed E-state index contributed by atoms with van der Waals surface area (Å²) in [6.07, 6.45) is 1.34. The first-order valence-electron chi connectivity index (χ1n) is 6.50. The van der Waals surface area contributed by atoms with Gasteiger partial charge in [0.05, 0.1) is 25.7 Å². The molecule has 0 radical (unpaired) electrons. The summed E-state index contributed by atoms with van der Waals surface area (Å²) in [5, 5.41) is 0. The monoisotopic (exact) mass is 288 g/mol. The normalized spacial score (nSPS) is 10.2. The van der Waals surface area contributed by atoms with Crippen LogP contribution in [0.4, 0.5) is 0 Å². The maximum atomic E-state index is 11.9. The zero-order valence-corrected chi connectivity index (χ0v) is 11.9. The van der Waals surface area contributed by atoms with Crippen molar-refractivity contribution in [1.29, 1.82) is 0 Å². The molecule has 6 nitrogen and oxygen atoms in total. The molecule has 0 aliphatic carbocycles. The predicted octanol–water partition coefficient (Wildman–Crippen LogP) is 1.48. The van der Waals surface area contributed by atoms with E-state index in [0.717, 1.165) is 11.3 Å². The molecule has 0 N–H and O–H groups in total. The standard InChI is InChI=1S/C15H16N2O4/c1-3-21-12-6-4-11(5-7-12)13-8-14(18)17(10-16-13)9-15(19)20-2/h4-8,10H,3,9H2,1-2H3. The molecule has 0 unspecified atom stereocenters. The number of methoxy groups -OCH3 is 1. The topological polar surface area (TPSA) is 70.4 Å². The molecule has 2 rings (SSSR count). The molecule has 0 saturated carbocycles. The van der Waals surface area contributed by atoms with Gasteiger partial charge in [-0.25, -0.2) is 4.98 Å². The highest BCUT2D eigenvalue weighted by atomic mass is 16.5. The maximum Gasteiger partial charge on any atom is 0.325 e. The summed E-state index contributed by atoms with van der Waals surface area (Å²) in [5.41, 5.74) is 1.05. The van der Waals surface area contributed by atoms with Gasteiger partial charge >= 0.3 is 5.97 Å². The Labute approximate surface area is 122 Å². The Balaban J connectivity index is 2.23. The summed E-state index contributed by atoms with van der Waals surface area (Å²) in [6, 6.07) is 8.69. The number of ether oxygens (including phenoxy) is 2. The van der Waals surface area contributed by atoms with Crippen molar-refractivity contribution in [3.05, 3.63) is 47.0 Å². The zero-order chi connectivity index (χ0) is 15.2. The van der Waals surface area contributed by atoms with E-state index in [9.17, 15) is 9.59 Å². The van der Waals surface area contributed by atoms with Gasteiger partial charge in [0, 0.05) is 11.6 Å². The lowest BCUT2D eigenvalue weighted by Gasteiger charge is -2.06. The Morgan fingerprint density at radius 3 is 2.57 bits per heavy atom. The number of nitrogens with zero attached hydrogens (tertiary/aromatic N) is 2. The van der Waals surface area contributed by atoms with E-state index in [1.165, 1.54) is 24.1 Å². The van der Waals surface area contributed by atoms with Gasteiger partial charge in [0.15, 0.2) is 0 Å². The maximum absolute atomic E-state index is 11.9. The van der Waals surface area contributed by atoms with Gasteiger partial charge in [-0.15, -0.1) is 0 Å². The van der Waals surface area contributed by atoms with Crippen LogP contribution in [0.5, 0.6) is 5.75 Å². The number of rotatable bonds is 5. The van der Waals surface area contributed by atoms with Crippen molar-refractivity contribution >= 4 is 5.97 Å². The van der Waals surface area contributed by atoms with Crippen molar-refractivity contribution in [2.75, 3.05) is 13.7 Å². The summed E-state index contributed by atoms with van der Waals surface area (Å²) in [5.74, 6) is 0.271. The molecule has 6 heteroatoms. The summed E-state index contributed by atoms with van der Waals surface area (Å²) >= 11 is 0. The van der Waals surface area contributed by atoms with Crippen LogP contribution in [0.1, 0.15) is 6.92 Å². The Hall–Kier alpha value is -2.63. The lowest BCUT2D eigenvalue weighted by atomic mass is 10.1. The number of carbonyl (C=O) groups is 1. The second-order valence-corrected chi connectivity index (χ2v) is 4.27. The summed E-state index contributed by atoms with van der Waals surface area (Å²) < 4.78 is 11.1. The van der Waals surface area contributed by atoms with E-state index in [0.29, 0.717) is 12.3 Å². The van der Waals surface area contributed by atoms with E-state index in [1.54, 1.807) is 0 Å². The Bertz CT molecular complexity index is 677. The highest BCUT2D eigenvalue weighted by Gasteiger charge is 2.07. The molecular formula is C15H16N2O4. The van der Waals surface area contributed by atoms with Crippen molar-refractivity contribution in [2.24, 2.45) is 0 Å². The molecular weight excluding hydrogens is 272 g/mol.